The lowest BCUT2D eigenvalue weighted by Crippen LogP contribution is -1.96. The summed E-state index contributed by atoms with van der Waals surface area (Å²) in [6.45, 7) is 2.00. The Morgan fingerprint density at radius 3 is 2.00 bits per heavy atom. The fourth-order valence-electron chi connectivity index (χ4n) is 0.980. The van der Waals surface area contributed by atoms with Gasteiger partial charge in [-0.15, -0.1) is 0 Å². The Balaban J connectivity index is 3.08. The summed E-state index contributed by atoms with van der Waals surface area (Å²) in [6, 6.07) is 6.89. The number of benzene rings is 1. The predicted molar refractivity (Wildman–Crippen MR) is 56.9 cm³/mol. The molecular weight excluding hydrogens is 252 g/mol. The van der Waals surface area contributed by atoms with E-state index in [-0.39, 0.29) is 4.83 Å². The molecule has 72 valence electrons. The van der Waals surface area contributed by atoms with Crippen LogP contribution in [0.3, 0.4) is 0 Å². The largest absolute Gasteiger partial charge is 0.224 e. The second-order valence-corrected chi connectivity index (χ2v) is 6.35. The third-order valence-electron chi connectivity index (χ3n) is 1.77. The van der Waals surface area contributed by atoms with E-state index in [1.165, 1.54) is 6.26 Å². The van der Waals surface area contributed by atoms with Crippen LogP contribution in [0.2, 0.25) is 0 Å². The van der Waals surface area contributed by atoms with Gasteiger partial charge in [-0.25, -0.2) is 8.42 Å². The Kier molecular flexibility index (Phi) is 3.14. The van der Waals surface area contributed by atoms with E-state index in [9.17, 15) is 8.42 Å². The van der Waals surface area contributed by atoms with Crippen molar-refractivity contribution < 1.29 is 8.42 Å². The molecule has 0 bridgehead atoms. The minimum absolute atomic E-state index is 0.251. The van der Waals surface area contributed by atoms with Crippen LogP contribution in [0.1, 0.15) is 17.3 Å². The van der Waals surface area contributed by atoms with Crippen molar-refractivity contribution in [3.8, 4) is 0 Å². The molecule has 0 aliphatic heterocycles. The maximum atomic E-state index is 11.1. The molecule has 0 saturated heterocycles. The number of rotatable bonds is 2. The van der Waals surface area contributed by atoms with Crippen LogP contribution in [-0.2, 0) is 9.84 Å². The lowest BCUT2D eigenvalue weighted by atomic mass is 10.2. The van der Waals surface area contributed by atoms with Gasteiger partial charge in [0.2, 0.25) is 0 Å². The average Bonchev–Trinajstić information content (AvgIpc) is 2.03. The molecule has 1 atom stereocenters. The minimum Gasteiger partial charge on any atom is -0.224 e. The summed E-state index contributed by atoms with van der Waals surface area (Å²) in [6.07, 6.45) is 1.21. The second-order valence-electron chi connectivity index (χ2n) is 2.96. The van der Waals surface area contributed by atoms with Gasteiger partial charge in [-0.2, -0.15) is 0 Å². The summed E-state index contributed by atoms with van der Waals surface area (Å²) in [7, 11) is -3.06. The Hall–Kier alpha value is -0.350. The van der Waals surface area contributed by atoms with Crippen molar-refractivity contribution in [3.63, 3.8) is 0 Å². The van der Waals surface area contributed by atoms with Gasteiger partial charge in [0.15, 0.2) is 9.84 Å². The van der Waals surface area contributed by atoms with Crippen LogP contribution in [0, 0.1) is 0 Å². The zero-order valence-electron chi connectivity index (χ0n) is 7.49. The van der Waals surface area contributed by atoms with Gasteiger partial charge in [-0.3, -0.25) is 0 Å². The molecule has 0 amide bonds. The first-order valence-corrected chi connectivity index (χ1v) is 6.66. The first-order chi connectivity index (χ1) is 5.91. The van der Waals surface area contributed by atoms with Crippen LogP contribution in [0.25, 0.3) is 0 Å². The molecule has 0 aromatic heterocycles. The molecule has 1 aromatic carbocycles. The normalized spacial score (nSPS) is 14.1. The molecule has 2 nitrogen and oxygen atoms in total. The summed E-state index contributed by atoms with van der Waals surface area (Å²) in [5, 5.41) is 0. The third-order valence-corrected chi connectivity index (χ3v) is 3.42. The molecule has 0 heterocycles. The van der Waals surface area contributed by atoms with Crippen molar-refractivity contribution >= 4 is 25.8 Å². The summed E-state index contributed by atoms with van der Waals surface area (Å²) in [5.74, 6) is 0. The molecule has 0 radical (unpaired) electrons. The highest BCUT2D eigenvalue weighted by Crippen LogP contribution is 2.22. The highest BCUT2D eigenvalue weighted by molar-refractivity contribution is 9.09. The van der Waals surface area contributed by atoms with E-state index >= 15 is 0 Å². The minimum atomic E-state index is -3.06. The summed E-state index contributed by atoms with van der Waals surface area (Å²) in [5.41, 5.74) is 1.08. The Labute approximate surface area is 87.0 Å². The van der Waals surface area contributed by atoms with Crippen LogP contribution in [0.15, 0.2) is 29.2 Å². The van der Waals surface area contributed by atoms with Gasteiger partial charge in [0.1, 0.15) is 0 Å². The molecule has 0 spiro atoms. The van der Waals surface area contributed by atoms with Crippen LogP contribution in [0.4, 0.5) is 0 Å². The van der Waals surface area contributed by atoms with Crippen molar-refractivity contribution in [1.29, 1.82) is 0 Å². The number of hydrogen-bond donors (Lipinski definition) is 0. The van der Waals surface area contributed by atoms with E-state index in [1.54, 1.807) is 12.1 Å². The van der Waals surface area contributed by atoms with Crippen molar-refractivity contribution in [3.05, 3.63) is 29.8 Å². The van der Waals surface area contributed by atoms with E-state index in [4.69, 9.17) is 0 Å². The molecule has 0 aliphatic rings. The van der Waals surface area contributed by atoms with E-state index in [0.29, 0.717) is 4.90 Å². The molecule has 0 aliphatic carbocycles. The zero-order valence-corrected chi connectivity index (χ0v) is 9.89. The highest BCUT2D eigenvalue weighted by atomic mass is 79.9. The van der Waals surface area contributed by atoms with Gasteiger partial charge in [-0.05, 0) is 24.6 Å². The first-order valence-electron chi connectivity index (χ1n) is 3.85. The van der Waals surface area contributed by atoms with Gasteiger partial charge in [0, 0.05) is 11.1 Å². The van der Waals surface area contributed by atoms with Gasteiger partial charge >= 0.3 is 0 Å². The van der Waals surface area contributed by atoms with Crippen molar-refractivity contribution in [2.75, 3.05) is 6.26 Å². The maximum absolute atomic E-state index is 11.1. The first kappa shape index (κ1) is 10.7. The fraction of sp³-hybridized carbons (Fsp3) is 0.333. The fourth-order valence-corrected chi connectivity index (χ4v) is 1.92. The predicted octanol–water partition coefficient (Wildman–Crippen LogP) is 2.55. The van der Waals surface area contributed by atoms with Gasteiger partial charge in [-0.1, -0.05) is 28.1 Å². The summed E-state index contributed by atoms with van der Waals surface area (Å²) >= 11 is 3.41. The third kappa shape index (κ3) is 2.81. The second kappa shape index (κ2) is 3.80. The zero-order chi connectivity index (χ0) is 10.1. The molecule has 0 fully saturated rings. The molecule has 0 N–H and O–H groups in total. The molecule has 13 heavy (non-hydrogen) atoms. The van der Waals surface area contributed by atoms with Crippen LogP contribution >= 0.6 is 15.9 Å². The van der Waals surface area contributed by atoms with Gasteiger partial charge in [0.05, 0.1) is 4.90 Å². The standard InChI is InChI=1S/C9H11BrO2S/c1-7(10)8-3-5-9(6-4-8)13(2,11)12/h3-7H,1-2H3. The lowest BCUT2D eigenvalue weighted by Gasteiger charge is -2.03. The molecule has 0 saturated carbocycles. The van der Waals surface area contributed by atoms with Crippen molar-refractivity contribution in [2.45, 2.75) is 16.6 Å². The Morgan fingerprint density at radius 1 is 1.23 bits per heavy atom. The summed E-state index contributed by atoms with van der Waals surface area (Å²) in [4.78, 5) is 0.616. The highest BCUT2D eigenvalue weighted by Gasteiger charge is 2.07. The van der Waals surface area contributed by atoms with E-state index in [2.05, 4.69) is 15.9 Å². The monoisotopic (exact) mass is 262 g/mol. The van der Waals surface area contributed by atoms with Gasteiger partial charge in [0.25, 0.3) is 0 Å². The lowest BCUT2D eigenvalue weighted by molar-refractivity contribution is 0.602. The summed E-state index contributed by atoms with van der Waals surface area (Å²) < 4.78 is 22.2. The molecule has 1 rings (SSSR count). The van der Waals surface area contributed by atoms with E-state index in [1.807, 2.05) is 19.1 Å². The quantitative estimate of drug-likeness (QED) is 0.768. The topological polar surface area (TPSA) is 34.1 Å². The smallest absolute Gasteiger partial charge is 0.175 e. The maximum Gasteiger partial charge on any atom is 0.175 e. The number of hydrogen-bond acceptors (Lipinski definition) is 2. The number of halogens is 1. The number of alkyl halides is 1. The van der Waals surface area contributed by atoms with Crippen LogP contribution < -0.4 is 0 Å². The van der Waals surface area contributed by atoms with Crippen LogP contribution in [0.5, 0.6) is 0 Å². The van der Waals surface area contributed by atoms with E-state index in [0.717, 1.165) is 5.56 Å². The average molecular weight is 263 g/mol. The molecule has 4 heteroatoms. The Bertz CT molecular complexity index is 379. The number of sulfone groups is 1. The molecular formula is C9H11BrO2S. The van der Waals surface area contributed by atoms with Crippen molar-refractivity contribution in [2.24, 2.45) is 0 Å². The Morgan fingerprint density at radius 2 is 1.69 bits per heavy atom. The molecule has 1 unspecified atom stereocenters. The van der Waals surface area contributed by atoms with Gasteiger partial charge < -0.3 is 0 Å². The van der Waals surface area contributed by atoms with Crippen molar-refractivity contribution in [1.82, 2.24) is 0 Å². The van der Waals surface area contributed by atoms with E-state index < -0.39 is 9.84 Å². The SMILES string of the molecule is CC(Br)c1ccc(S(C)(=O)=O)cc1. The van der Waals surface area contributed by atoms with Crippen LogP contribution in [-0.4, -0.2) is 14.7 Å². The molecule has 1 aromatic rings.